The van der Waals surface area contributed by atoms with Crippen molar-refractivity contribution < 1.29 is 13.7 Å². The third-order valence-corrected chi connectivity index (χ3v) is 4.91. The molecule has 0 radical (unpaired) electrons. The summed E-state index contributed by atoms with van der Waals surface area (Å²) >= 11 is 9.67. The van der Waals surface area contributed by atoms with Gasteiger partial charge in [0.25, 0.3) is 0 Å². The van der Waals surface area contributed by atoms with Crippen molar-refractivity contribution in [2.24, 2.45) is 0 Å². The first-order chi connectivity index (χ1) is 16.1. The maximum atomic E-state index is 3.69. The van der Waals surface area contributed by atoms with Gasteiger partial charge >= 0.3 is 27.9 Å². The molecule has 33 heavy (non-hydrogen) atoms. The van der Waals surface area contributed by atoms with Crippen molar-refractivity contribution in [3.8, 4) is 22.3 Å². The minimum Gasteiger partial charge on any atom is -0.184 e. The molecule has 4 aromatic carbocycles. The van der Waals surface area contributed by atoms with Crippen molar-refractivity contribution in [1.82, 2.24) is 4.90 Å². The van der Waals surface area contributed by atoms with Crippen molar-refractivity contribution in [3.05, 3.63) is 127 Å². The Morgan fingerprint density at radius 2 is 1.06 bits per heavy atom. The molecule has 0 bridgehead atoms. The number of rotatable bonds is 4. The van der Waals surface area contributed by atoms with Crippen molar-refractivity contribution in [3.63, 3.8) is 0 Å². The molecule has 4 rings (SSSR count). The SMILES string of the molecule is Brc1ccc(-c2ccccc2)cc1.[CH2-]CCN(C)C.[Ni][Br].[c-]1ccc(-c2ccccc2)cc1. The summed E-state index contributed by atoms with van der Waals surface area (Å²) < 4.78 is 1.12. The minimum absolute atomic E-state index is 1.01. The van der Waals surface area contributed by atoms with E-state index in [9.17, 15) is 0 Å². The first kappa shape index (κ1) is 29.3. The van der Waals surface area contributed by atoms with E-state index in [0.29, 0.717) is 0 Å². The molecule has 0 saturated heterocycles. The predicted octanol–water partition coefficient (Wildman–Crippen LogP) is 8.89. The summed E-state index contributed by atoms with van der Waals surface area (Å²) in [5, 5.41) is 0. The Hall–Kier alpha value is -1.71. The molecular formula is C29H30Br2NNi-2. The first-order valence-electron chi connectivity index (χ1n) is 10.5. The van der Waals surface area contributed by atoms with Crippen LogP contribution in [0.3, 0.4) is 0 Å². The Balaban J connectivity index is 0.000000254. The molecule has 0 aromatic heterocycles. The van der Waals surface area contributed by atoms with Gasteiger partial charge in [-0.25, -0.2) is 0 Å². The molecule has 1 nitrogen and oxygen atoms in total. The topological polar surface area (TPSA) is 3.24 Å². The molecule has 0 spiro atoms. The van der Waals surface area contributed by atoms with Crippen LogP contribution in [0.1, 0.15) is 6.42 Å². The van der Waals surface area contributed by atoms with Crippen molar-refractivity contribution in [2.75, 3.05) is 20.6 Å². The molecule has 0 fully saturated rings. The van der Waals surface area contributed by atoms with E-state index in [-0.39, 0.29) is 0 Å². The quantitative estimate of drug-likeness (QED) is 0.165. The first-order valence-corrected chi connectivity index (χ1v) is 13.7. The van der Waals surface area contributed by atoms with Gasteiger partial charge < -0.3 is 11.8 Å². The fraction of sp³-hybridized carbons (Fsp3) is 0.138. The summed E-state index contributed by atoms with van der Waals surface area (Å²) in [5.41, 5.74) is 5.01. The zero-order valence-electron chi connectivity index (χ0n) is 19.0. The van der Waals surface area contributed by atoms with E-state index in [1.165, 1.54) is 22.3 Å². The zero-order chi connectivity index (χ0) is 24.3. The van der Waals surface area contributed by atoms with Crippen LogP contribution in [0.15, 0.2) is 114 Å². The van der Waals surface area contributed by atoms with Gasteiger partial charge in [-0.3, -0.25) is 0 Å². The van der Waals surface area contributed by atoms with Gasteiger partial charge in [0.2, 0.25) is 0 Å². The molecule has 177 valence electrons. The van der Waals surface area contributed by atoms with Gasteiger partial charge in [0, 0.05) is 4.47 Å². The van der Waals surface area contributed by atoms with Crippen LogP contribution in [0.4, 0.5) is 0 Å². The Labute approximate surface area is 223 Å². The molecule has 0 heterocycles. The number of hydrogen-bond acceptors (Lipinski definition) is 1. The van der Waals surface area contributed by atoms with E-state index in [2.05, 4.69) is 135 Å². The van der Waals surface area contributed by atoms with E-state index >= 15 is 0 Å². The van der Waals surface area contributed by atoms with Crippen LogP contribution < -0.4 is 0 Å². The number of benzene rings is 4. The Bertz CT molecular complexity index is 923. The van der Waals surface area contributed by atoms with Gasteiger partial charge in [0.15, 0.2) is 0 Å². The van der Waals surface area contributed by atoms with E-state index in [1.807, 2.05) is 50.5 Å². The summed E-state index contributed by atoms with van der Waals surface area (Å²) in [5.74, 6) is 0. The van der Waals surface area contributed by atoms with Crippen molar-refractivity contribution in [2.45, 2.75) is 6.42 Å². The summed E-state index contributed by atoms with van der Waals surface area (Å²) in [4.78, 5) is 2.12. The van der Waals surface area contributed by atoms with E-state index < -0.39 is 0 Å². The molecule has 0 aliphatic rings. The van der Waals surface area contributed by atoms with Crippen LogP contribution in [-0.2, 0) is 13.7 Å². The molecule has 0 aliphatic heterocycles. The van der Waals surface area contributed by atoms with Crippen molar-refractivity contribution >= 4 is 30.2 Å². The van der Waals surface area contributed by atoms with Crippen LogP contribution in [0.5, 0.6) is 0 Å². The van der Waals surface area contributed by atoms with Crippen LogP contribution in [0.25, 0.3) is 22.3 Å². The molecule has 0 unspecified atom stereocenters. The minimum atomic E-state index is 1.01. The molecule has 0 atom stereocenters. The second-order valence-corrected chi connectivity index (χ2v) is 8.10. The molecular weight excluding hydrogens is 581 g/mol. The number of halogens is 2. The average Bonchev–Trinajstić information content (AvgIpc) is 2.88. The zero-order valence-corrected chi connectivity index (χ0v) is 23.2. The maximum Gasteiger partial charge on any atom is -0.0426 e. The normalized spacial score (nSPS) is 9.45. The standard InChI is InChI=1S/C12H9Br.C12H9.C5H12N.BrH.Ni/c13-12-8-6-11(7-9-12)10-4-2-1-3-5-10;1-3-7-11(8-4-1)12-9-5-2-6-10-12;1-4-5-6(2)3;;/h1-9H;1,3-10H;1,4-5H2,2-3H3;1H;/q;2*-1;;+1/p-1. The summed E-state index contributed by atoms with van der Waals surface area (Å²) in [6.07, 6.45) is 1.01. The van der Waals surface area contributed by atoms with E-state index in [4.69, 9.17) is 0 Å². The third-order valence-electron chi connectivity index (χ3n) is 4.38. The Morgan fingerprint density at radius 3 is 1.42 bits per heavy atom. The molecule has 0 saturated carbocycles. The number of nitrogens with zero attached hydrogens (tertiary/aromatic N) is 1. The van der Waals surface area contributed by atoms with Gasteiger partial charge in [-0.15, -0.1) is 5.56 Å². The van der Waals surface area contributed by atoms with Gasteiger partial charge in [-0.1, -0.05) is 88.7 Å². The smallest absolute Gasteiger partial charge is 0.0426 e. The van der Waals surface area contributed by atoms with Gasteiger partial charge in [-0.05, 0) is 49.5 Å². The molecule has 4 aromatic rings. The second-order valence-electron chi connectivity index (χ2n) is 7.18. The number of hydrogen-bond donors (Lipinski definition) is 0. The Morgan fingerprint density at radius 1 is 0.667 bits per heavy atom. The molecule has 0 aliphatic carbocycles. The van der Waals surface area contributed by atoms with Gasteiger partial charge in [-0.2, -0.15) is 36.8 Å². The molecule has 4 heteroatoms. The van der Waals surface area contributed by atoms with E-state index in [1.54, 1.807) is 0 Å². The second kappa shape index (κ2) is 18.7. The fourth-order valence-corrected chi connectivity index (χ4v) is 3.06. The van der Waals surface area contributed by atoms with Crippen LogP contribution in [0.2, 0.25) is 0 Å². The van der Waals surface area contributed by atoms with Crippen LogP contribution in [0, 0.1) is 13.0 Å². The van der Waals surface area contributed by atoms with Crippen molar-refractivity contribution in [1.29, 1.82) is 0 Å². The third kappa shape index (κ3) is 12.9. The van der Waals surface area contributed by atoms with Crippen LogP contribution >= 0.6 is 30.2 Å². The maximum absolute atomic E-state index is 3.69. The summed E-state index contributed by atoms with van der Waals surface area (Å²) in [6.45, 7) is 4.78. The van der Waals surface area contributed by atoms with E-state index in [0.717, 1.165) is 17.4 Å². The van der Waals surface area contributed by atoms with Crippen LogP contribution in [-0.4, -0.2) is 25.5 Å². The van der Waals surface area contributed by atoms with Gasteiger partial charge in [0.05, 0.1) is 0 Å². The Kier molecular flexibility index (Phi) is 16.6. The fourth-order valence-electron chi connectivity index (χ4n) is 2.80. The average molecular weight is 611 g/mol. The molecule has 0 amide bonds. The van der Waals surface area contributed by atoms with Gasteiger partial charge in [0.1, 0.15) is 0 Å². The summed E-state index contributed by atoms with van der Waals surface area (Å²) in [6, 6.07) is 40.0. The molecule has 0 N–H and O–H groups in total. The largest absolute Gasteiger partial charge is 0.184 e. The monoisotopic (exact) mass is 608 g/mol. The summed E-state index contributed by atoms with van der Waals surface area (Å²) in [7, 11) is 4.09. The predicted molar refractivity (Wildman–Crippen MR) is 148 cm³/mol.